The van der Waals surface area contributed by atoms with Gasteiger partial charge in [-0.1, -0.05) is 60.1 Å². The predicted octanol–water partition coefficient (Wildman–Crippen LogP) is 3.44. The summed E-state index contributed by atoms with van der Waals surface area (Å²) in [5.74, 6) is -0.0281. The van der Waals surface area contributed by atoms with Gasteiger partial charge in [0.1, 0.15) is 5.82 Å². The van der Waals surface area contributed by atoms with Crippen molar-refractivity contribution in [1.82, 2.24) is 30.2 Å². The second-order valence-corrected chi connectivity index (χ2v) is 6.53. The van der Waals surface area contributed by atoms with Gasteiger partial charge in [0, 0.05) is 12.1 Å². The van der Waals surface area contributed by atoms with E-state index in [-0.39, 0.29) is 10.8 Å². The van der Waals surface area contributed by atoms with E-state index < -0.39 is 5.97 Å². The topological polar surface area (TPSA) is 110 Å². The highest BCUT2D eigenvalue weighted by atomic mass is 35.5. The molecule has 28 heavy (non-hydrogen) atoms. The van der Waals surface area contributed by atoms with Gasteiger partial charge in [0.25, 0.3) is 0 Å². The molecule has 2 N–H and O–H groups in total. The van der Waals surface area contributed by atoms with Gasteiger partial charge in [-0.3, -0.25) is 0 Å². The number of tetrazole rings is 1. The Bertz CT molecular complexity index is 1140. The molecule has 2 aromatic heterocycles. The van der Waals surface area contributed by atoms with E-state index in [1.54, 1.807) is 11.5 Å². The largest absolute Gasteiger partial charge is 0.476 e. The first-order chi connectivity index (χ1) is 13.5. The molecule has 0 saturated carbocycles. The highest BCUT2D eigenvalue weighted by Crippen LogP contribution is 2.30. The average Bonchev–Trinajstić information content (AvgIpc) is 3.31. The van der Waals surface area contributed by atoms with Crippen LogP contribution in [0.2, 0.25) is 5.15 Å². The first kappa shape index (κ1) is 17.9. The predicted molar refractivity (Wildman–Crippen MR) is 103 cm³/mol. The maximum absolute atomic E-state index is 11.5. The van der Waals surface area contributed by atoms with Crippen LogP contribution in [0.15, 0.2) is 48.5 Å². The molecule has 4 aromatic rings. The molecular weight excluding hydrogens is 380 g/mol. The fraction of sp³-hybridized carbons (Fsp3) is 0.105. The van der Waals surface area contributed by atoms with Crippen molar-refractivity contribution in [2.45, 2.75) is 13.5 Å². The summed E-state index contributed by atoms with van der Waals surface area (Å²) < 4.78 is 1.59. The Kier molecular flexibility index (Phi) is 4.62. The molecule has 0 bridgehead atoms. The molecule has 0 aliphatic carbocycles. The molecule has 0 aliphatic heterocycles. The number of imidazole rings is 1. The zero-order valence-electron chi connectivity index (χ0n) is 14.8. The molecule has 9 heteroatoms. The minimum atomic E-state index is -1.10. The number of halogens is 1. The van der Waals surface area contributed by atoms with E-state index in [4.69, 9.17) is 11.6 Å². The fourth-order valence-corrected chi connectivity index (χ4v) is 3.41. The first-order valence-electron chi connectivity index (χ1n) is 8.42. The minimum absolute atomic E-state index is 0.00402. The molecule has 0 aliphatic rings. The Morgan fingerprint density at radius 3 is 2.50 bits per heavy atom. The normalized spacial score (nSPS) is 10.9. The summed E-state index contributed by atoms with van der Waals surface area (Å²) in [7, 11) is 0. The molecule has 4 rings (SSSR count). The van der Waals surface area contributed by atoms with Crippen molar-refractivity contribution >= 4 is 17.6 Å². The number of nitrogens with zero attached hydrogens (tertiary/aromatic N) is 5. The standard InChI is InChI=1S/C19H15ClN6O2/c1-11-21-17(20)16(19(27)28)26(11)10-12-6-8-13(9-7-12)14-4-2-3-5-15(14)18-22-24-25-23-18/h2-9H,10H2,1H3,(H,27,28)(H,22,23,24,25). The number of nitrogens with one attached hydrogen (secondary N) is 1. The lowest BCUT2D eigenvalue weighted by molar-refractivity contribution is 0.0685. The molecule has 0 radical (unpaired) electrons. The second kappa shape index (κ2) is 7.24. The molecule has 0 amide bonds. The average molecular weight is 395 g/mol. The second-order valence-electron chi connectivity index (χ2n) is 6.17. The SMILES string of the molecule is Cc1nc(Cl)c(C(=O)O)n1Cc1ccc(-c2ccccc2-c2nn[nH]n2)cc1. The van der Waals surface area contributed by atoms with E-state index >= 15 is 0 Å². The van der Waals surface area contributed by atoms with Crippen molar-refractivity contribution in [2.75, 3.05) is 0 Å². The monoisotopic (exact) mass is 394 g/mol. The number of benzene rings is 2. The smallest absolute Gasteiger partial charge is 0.355 e. The zero-order valence-corrected chi connectivity index (χ0v) is 15.6. The number of hydrogen-bond acceptors (Lipinski definition) is 5. The Balaban J connectivity index is 1.66. The number of rotatable bonds is 5. The maximum atomic E-state index is 11.5. The molecule has 0 unspecified atom stereocenters. The van der Waals surface area contributed by atoms with Crippen molar-refractivity contribution in [3.8, 4) is 22.5 Å². The van der Waals surface area contributed by atoms with Crippen LogP contribution in [-0.2, 0) is 6.54 Å². The highest BCUT2D eigenvalue weighted by molar-refractivity contribution is 6.32. The number of carboxylic acids is 1. The van der Waals surface area contributed by atoms with Crippen molar-refractivity contribution in [2.24, 2.45) is 0 Å². The van der Waals surface area contributed by atoms with Crippen LogP contribution in [-0.4, -0.2) is 41.3 Å². The number of aromatic carboxylic acids is 1. The number of H-pyrrole nitrogens is 1. The van der Waals surface area contributed by atoms with Crippen LogP contribution >= 0.6 is 11.6 Å². The number of carbonyl (C=O) groups is 1. The summed E-state index contributed by atoms with van der Waals surface area (Å²) in [6.07, 6.45) is 0. The zero-order chi connectivity index (χ0) is 19.7. The van der Waals surface area contributed by atoms with Gasteiger partial charge < -0.3 is 9.67 Å². The van der Waals surface area contributed by atoms with Crippen molar-refractivity contribution < 1.29 is 9.90 Å². The minimum Gasteiger partial charge on any atom is -0.476 e. The van der Waals surface area contributed by atoms with Gasteiger partial charge in [0.05, 0.1) is 0 Å². The molecule has 2 heterocycles. The van der Waals surface area contributed by atoms with Gasteiger partial charge in [0.2, 0.25) is 5.82 Å². The van der Waals surface area contributed by atoms with Gasteiger partial charge in [0.15, 0.2) is 10.8 Å². The lowest BCUT2D eigenvalue weighted by atomic mass is 9.98. The van der Waals surface area contributed by atoms with Gasteiger partial charge in [-0.2, -0.15) is 5.21 Å². The van der Waals surface area contributed by atoms with E-state index in [1.807, 2.05) is 48.5 Å². The van der Waals surface area contributed by atoms with Crippen LogP contribution in [0.25, 0.3) is 22.5 Å². The first-order valence-corrected chi connectivity index (χ1v) is 8.80. The summed E-state index contributed by atoms with van der Waals surface area (Å²) in [6.45, 7) is 2.09. The Hall–Kier alpha value is -3.52. The van der Waals surface area contributed by atoms with Crippen LogP contribution in [0.5, 0.6) is 0 Å². The molecule has 0 fully saturated rings. The highest BCUT2D eigenvalue weighted by Gasteiger charge is 2.19. The van der Waals surface area contributed by atoms with E-state index in [0.717, 1.165) is 22.3 Å². The van der Waals surface area contributed by atoms with Crippen molar-refractivity contribution in [3.63, 3.8) is 0 Å². The van der Waals surface area contributed by atoms with Crippen LogP contribution in [0.1, 0.15) is 21.9 Å². The van der Waals surface area contributed by atoms with Crippen molar-refractivity contribution in [3.05, 3.63) is 70.8 Å². The third-order valence-electron chi connectivity index (χ3n) is 4.44. The molecule has 0 spiro atoms. The van der Waals surface area contributed by atoms with Crippen LogP contribution < -0.4 is 0 Å². The summed E-state index contributed by atoms with van der Waals surface area (Å²) in [5, 5.41) is 23.6. The number of hydrogen-bond donors (Lipinski definition) is 2. The van der Waals surface area contributed by atoms with Crippen LogP contribution in [0.4, 0.5) is 0 Å². The van der Waals surface area contributed by atoms with Crippen LogP contribution in [0, 0.1) is 6.92 Å². The molecule has 0 saturated heterocycles. The molecule has 140 valence electrons. The van der Waals surface area contributed by atoms with Gasteiger partial charge in [-0.05, 0) is 28.8 Å². The van der Waals surface area contributed by atoms with Crippen LogP contribution in [0.3, 0.4) is 0 Å². The Morgan fingerprint density at radius 1 is 1.14 bits per heavy atom. The molecular formula is C19H15ClN6O2. The molecule has 2 aromatic carbocycles. The third-order valence-corrected chi connectivity index (χ3v) is 4.70. The van der Waals surface area contributed by atoms with E-state index in [0.29, 0.717) is 18.2 Å². The van der Waals surface area contributed by atoms with E-state index in [1.165, 1.54) is 0 Å². The van der Waals surface area contributed by atoms with E-state index in [2.05, 4.69) is 25.6 Å². The lowest BCUT2D eigenvalue weighted by Crippen LogP contribution is -2.11. The Morgan fingerprint density at radius 2 is 1.86 bits per heavy atom. The summed E-state index contributed by atoms with van der Waals surface area (Å²) in [6, 6.07) is 15.6. The maximum Gasteiger partial charge on any atom is 0.355 e. The molecule has 0 atom stereocenters. The van der Waals surface area contributed by atoms with Gasteiger partial charge in [-0.15, -0.1) is 10.2 Å². The third kappa shape index (κ3) is 3.25. The number of aromatic amines is 1. The molecule has 8 nitrogen and oxygen atoms in total. The van der Waals surface area contributed by atoms with Gasteiger partial charge in [-0.25, -0.2) is 9.78 Å². The summed E-state index contributed by atoms with van der Waals surface area (Å²) in [5.41, 5.74) is 3.76. The summed E-state index contributed by atoms with van der Waals surface area (Å²) in [4.78, 5) is 15.5. The quantitative estimate of drug-likeness (QED) is 0.536. The Labute approximate surface area is 164 Å². The fourth-order valence-electron chi connectivity index (χ4n) is 3.10. The number of aromatic nitrogens is 6. The number of aryl methyl sites for hydroxylation is 1. The van der Waals surface area contributed by atoms with Crippen molar-refractivity contribution in [1.29, 1.82) is 0 Å². The number of carboxylic acid groups (broad SMARTS) is 1. The lowest BCUT2D eigenvalue weighted by Gasteiger charge is -2.10. The summed E-state index contributed by atoms with van der Waals surface area (Å²) >= 11 is 5.95. The van der Waals surface area contributed by atoms with Gasteiger partial charge >= 0.3 is 5.97 Å². The van der Waals surface area contributed by atoms with E-state index in [9.17, 15) is 9.90 Å².